The van der Waals surface area contributed by atoms with Gasteiger partial charge in [0.1, 0.15) is 18.7 Å². The van der Waals surface area contributed by atoms with Gasteiger partial charge in [-0.2, -0.15) is 0 Å². The number of thiophene rings is 1. The van der Waals surface area contributed by atoms with Crippen molar-refractivity contribution >= 4 is 50.4 Å². The third kappa shape index (κ3) is 3.58. The minimum absolute atomic E-state index is 0.249. The fourth-order valence-electron chi connectivity index (χ4n) is 3.24. The highest BCUT2D eigenvalue weighted by Gasteiger charge is 2.17. The van der Waals surface area contributed by atoms with Gasteiger partial charge in [0.2, 0.25) is 5.91 Å². The second-order valence-corrected chi connectivity index (χ2v) is 8.08. The number of carbonyl (C=O) groups excluding carboxylic acids is 1. The maximum absolute atomic E-state index is 13.3. The van der Waals surface area contributed by atoms with Crippen LogP contribution in [0.1, 0.15) is 0 Å². The lowest BCUT2D eigenvalue weighted by Gasteiger charge is -2.04. The van der Waals surface area contributed by atoms with Crippen LogP contribution >= 0.6 is 22.9 Å². The first-order valence-corrected chi connectivity index (χ1v) is 10.4. The molecule has 5 aromatic rings. The number of carbonyl (C=O) groups is 1. The smallest absolute Gasteiger partial charge is 0.324 e. The van der Waals surface area contributed by atoms with Crippen molar-refractivity contribution in [2.75, 3.05) is 5.32 Å². The Morgan fingerprint density at radius 1 is 1.13 bits per heavy atom. The number of aromatic nitrogens is 4. The molecule has 0 bridgehead atoms. The van der Waals surface area contributed by atoms with E-state index in [-0.39, 0.29) is 12.4 Å². The van der Waals surface area contributed by atoms with Crippen LogP contribution in [0.2, 0.25) is 5.02 Å². The highest BCUT2D eigenvalue weighted by Crippen LogP contribution is 2.34. The number of nitrogens with one attached hydrogen (secondary N) is 1. The summed E-state index contributed by atoms with van der Waals surface area (Å²) in [6.45, 7) is -0.249. The zero-order valence-corrected chi connectivity index (χ0v) is 17.3. The predicted molar refractivity (Wildman–Crippen MR) is 118 cm³/mol. The topological polar surface area (TPSA) is 81.3 Å². The molecule has 0 spiro atoms. The summed E-state index contributed by atoms with van der Waals surface area (Å²) < 4.78 is 16.4. The molecule has 0 aliphatic heterocycles. The van der Waals surface area contributed by atoms with Crippen molar-refractivity contribution in [3.63, 3.8) is 0 Å². The number of rotatable bonds is 4. The van der Waals surface area contributed by atoms with E-state index in [1.165, 1.54) is 34.2 Å². The van der Waals surface area contributed by atoms with Gasteiger partial charge in [-0.05, 0) is 42.0 Å². The molecule has 10 heteroatoms. The average Bonchev–Trinajstić information content (AvgIpc) is 3.32. The molecule has 0 saturated carbocycles. The molecule has 7 nitrogen and oxygen atoms in total. The Morgan fingerprint density at radius 2 is 1.87 bits per heavy atom. The maximum Gasteiger partial charge on any atom is 0.352 e. The summed E-state index contributed by atoms with van der Waals surface area (Å²) in [6, 6.07) is 12.8. The number of anilines is 1. The van der Waals surface area contributed by atoms with Crippen molar-refractivity contribution in [2.45, 2.75) is 6.54 Å². The molecule has 0 aliphatic carbocycles. The number of hydrogen-bond donors (Lipinski definition) is 1. The van der Waals surface area contributed by atoms with Crippen LogP contribution in [0.5, 0.6) is 0 Å². The van der Waals surface area contributed by atoms with E-state index in [2.05, 4.69) is 15.4 Å². The average molecular weight is 454 g/mol. The molecule has 0 atom stereocenters. The van der Waals surface area contributed by atoms with Gasteiger partial charge in [0.15, 0.2) is 5.65 Å². The number of nitrogens with zero attached hydrogens (tertiary/aromatic N) is 4. The van der Waals surface area contributed by atoms with Crippen molar-refractivity contribution in [1.29, 1.82) is 0 Å². The highest BCUT2D eigenvalue weighted by atomic mass is 35.5. The van der Waals surface area contributed by atoms with Crippen LogP contribution in [-0.2, 0) is 11.3 Å². The standard InChI is InChI=1S/C21H13ClFN5O2S/c22-13-3-7-15(8-4-13)25-17(29)9-28-21(30)27-11-24-18-16(10-31-19(18)20(27)26-28)12-1-5-14(23)6-2-12/h1-8,10-11H,9H2,(H,25,29). The van der Waals surface area contributed by atoms with Crippen molar-refractivity contribution in [3.05, 3.63) is 81.6 Å². The summed E-state index contributed by atoms with van der Waals surface area (Å²) >= 11 is 7.23. The molecule has 31 heavy (non-hydrogen) atoms. The molecule has 0 radical (unpaired) electrons. The van der Waals surface area contributed by atoms with Crippen LogP contribution in [0.3, 0.4) is 0 Å². The first-order chi connectivity index (χ1) is 15.0. The van der Waals surface area contributed by atoms with E-state index >= 15 is 0 Å². The summed E-state index contributed by atoms with van der Waals surface area (Å²) in [4.78, 5) is 29.5. The number of hydrogen-bond acceptors (Lipinski definition) is 5. The van der Waals surface area contributed by atoms with Crippen molar-refractivity contribution in [1.82, 2.24) is 19.2 Å². The summed E-state index contributed by atoms with van der Waals surface area (Å²) in [5, 5.41) is 9.51. The maximum atomic E-state index is 13.3. The number of benzene rings is 2. The van der Waals surface area contributed by atoms with Crippen molar-refractivity contribution < 1.29 is 9.18 Å². The van der Waals surface area contributed by atoms with Crippen LogP contribution in [-0.4, -0.2) is 25.1 Å². The van der Waals surface area contributed by atoms with Gasteiger partial charge < -0.3 is 5.32 Å². The Balaban J connectivity index is 1.49. The molecule has 0 aliphatic rings. The second-order valence-electron chi connectivity index (χ2n) is 6.77. The molecular formula is C21H13ClFN5O2S. The van der Waals surface area contributed by atoms with Crippen LogP contribution in [0.4, 0.5) is 10.1 Å². The van der Waals surface area contributed by atoms with Gasteiger partial charge in [-0.25, -0.2) is 23.3 Å². The van der Waals surface area contributed by atoms with Gasteiger partial charge in [0.05, 0.1) is 10.2 Å². The van der Waals surface area contributed by atoms with Crippen LogP contribution in [0.25, 0.3) is 27.0 Å². The Morgan fingerprint density at radius 3 is 2.61 bits per heavy atom. The fourth-order valence-corrected chi connectivity index (χ4v) is 4.37. The molecule has 154 valence electrons. The summed E-state index contributed by atoms with van der Waals surface area (Å²) in [5.41, 5.74) is 2.81. The molecule has 0 fully saturated rings. The predicted octanol–water partition coefficient (Wildman–Crippen LogP) is 4.20. The first kappa shape index (κ1) is 19.4. The van der Waals surface area contributed by atoms with Gasteiger partial charge in [-0.3, -0.25) is 4.79 Å². The number of amides is 1. The minimum atomic E-state index is -0.465. The zero-order chi connectivity index (χ0) is 21.5. The lowest BCUT2D eigenvalue weighted by molar-refractivity contribution is -0.117. The van der Waals surface area contributed by atoms with Gasteiger partial charge in [-0.1, -0.05) is 23.7 Å². The quantitative estimate of drug-likeness (QED) is 0.442. The normalized spacial score (nSPS) is 11.3. The second kappa shape index (κ2) is 7.60. The van der Waals surface area contributed by atoms with Gasteiger partial charge in [0, 0.05) is 21.7 Å². The Kier molecular flexibility index (Phi) is 4.76. The van der Waals surface area contributed by atoms with E-state index in [0.717, 1.165) is 15.8 Å². The monoisotopic (exact) mass is 453 g/mol. The van der Waals surface area contributed by atoms with E-state index in [0.29, 0.717) is 26.6 Å². The zero-order valence-electron chi connectivity index (χ0n) is 15.8. The van der Waals surface area contributed by atoms with Crippen molar-refractivity contribution in [3.8, 4) is 11.1 Å². The molecule has 0 saturated heterocycles. The fraction of sp³-hybridized carbons (Fsp3) is 0.0476. The van der Waals surface area contributed by atoms with E-state index in [1.54, 1.807) is 36.4 Å². The molecule has 0 unspecified atom stereocenters. The van der Waals surface area contributed by atoms with E-state index < -0.39 is 11.6 Å². The molecule has 3 aromatic heterocycles. The van der Waals surface area contributed by atoms with Gasteiger partial charge in [-0.15, -0.1) is 16.4 Å². The summed E-state index contributed by atoms with van der Waals surface area (Å²) in [6.07, 6.45) is 1.39. The third-order valence-corrected chi connectivity index (χ3v) is 5.93. The van der Waals surface area contributed by atoms with Crippen LogP contribution in [0.15, 0.2) is 65.0 Å². The summed E-state index contributed by atoms with van der Waals surface area (Å²) in [7, 11) is 0. The molecule has 1 amide bonds. The highest BCUT2D eigenvalue weighted by molar-refractivity contribution is 7.18. The molecular weight excluding hydrogens is 441 g/mol. The number of fused-ring (bicyclic) bond motifs is 3. The first-order valence-electron chi connectivity index (χ1n) is 9.16. The molecule has 5 rings (SSSR count). The van der Waals surface area contributed by atoms with Crippen LogP contribution < -0.4 is 11.0 Å². The van der Waals surface area contributed by atoms with Crippen molar-refractivity contribution in [2.24, 2.45) is 0 Å². The SMILES string of the molecule is O=C(Cn1nc2c3scc(-c4ccc(F)cc4)c3ncn2c1=O)Nc1ccc(Cl)cc1. The van der Waals surface area contributed by atoms with Crippen LogP contribution in [0, 0.1) is 5.82 Å². The lowest BCUT2D eigenvalue weighted by Crippen LogP contribution is -2.28. The van der Waals surface area contributed by atoms with E-state index in [9.17, 15) is 14.0 Å². The summed E-state index contributed by atoms with van der Waals surface area (Å²) in [5.74, 6) is -0.712. The molecule has 2 aromatic carbocycles. The molecule has 3 heterocycles. The number of halogens is 2. The largest absolute Gasteiger partial charge is 0.352 e. The van der Waals surface area contributed by atoms with E-state index in [4.69, 9.17) is 11.6 Å². The van der Waals surface area contributed by atoms with Gasteiger partial charge in [0.25, 0.3) is 0 Å². The van der Waals surface area contributed by atoms with Gasteiger partial charge >= 0.3 is 5.69 Å². The molecule has 1 N–H and O–H groups in total. The Bertz CT molecular complexity index is 1490. The Hall–Kier alpha value is -3.56. The lowest BCUT2D eigenvalue weighted by atomic mass is 10.1. The minimum Gasteiger partial charge on any atom is -0.324 e. The Labute approximate surface area is 183 Å². The van der Waals surface area contributed by atoms with E-state index in [1.807, 2.05) is 5.38 Å². The third-order valence-electron chi connectivity index (χ3n) is 4.72.